The van der Waals surface area contributed by atoms with Crippen molar-refractivity contribution in [2.45, 2.75) is 56.9 Å². The van der Waals surface area contributed by atoms with Crippen LogP contribution < -0.4 is 11.3 Å². The van der Waals surface area contributed by atoms with Gasteiger partial charge in [-0.3, -0.25) is 9.20 Å². The molecule has 132 valence electrons. The monoisotopic (exact) mass is 344 g/mol. The summed E-state index contributed by atoms with van der Waals surface area (Å²) in [5.74, 6) is -1.42. The molecule has 0 radical (unpaired) electrons. The minimum atomic E-state index is -1.27. The highest BCUT2D eigenvalue weighted by atomic mass is 19.1. The first-order valence-electron chi connectivity index (χ1n) is 8.75. The van der Waals surface area contributed by atoms with Crippen LogP contribution in [0.2, 0.25) is 0 Å². The van der Waals surface area contributed by atoms with Gasteiger partial charge in [-0.25, -0.2) is 9.18 Å². The van der Waals surface area contributed by atoms with Gasteiger partial charge in [-0.05, 0) is 73.6 Å². The van der Waals surface area contributed by atoms with Crippen molar-refractivity contribution in [1.82, 2.24) is 4.40 Å². The SMILES string of the molecule is Cc1c(C2CCC(N)C2)c(F)cn2c(=O)c(C(=O)O)cc(C3CC3)c12. The van der Waals surface area contributed by atoms with E-state index >= 15 is 0 Å². The highest BCUT2D eigenvalue weighted by Crippen LogP contribution is 2.44. The molecule has 25 heavy (non-hydrogen) atoms. The number of hydrogen-bond acceptors (Lipinski definition) is 3. The molecule has 0 bridgehead atoms. The summed E-state index contributed by atoms with van der Waals surface area (Å²) in [7, 11) is 0. The summed E-state index contributed by atoms with van der Waals surface area (Å²) in [6, 6.07) is 1.58. The molecule has 2 atom stereocenters. The predicted octanol–water partition coefficient (Wildman–Crippen LogP) is 2.92. The molecule has 2 aliphatic carbocycles. The molecule has 0 spiro atoms. The number of hydrogen-bond donors (Lipinski definition) is 2. The molecule has 2 saturated carbocycles. The third-order valence-electron chi connectivity index (χ3n) is 5.65. The number of nitrogens with zero attached hydrogens (tertiary/aromatic N) is 1. The Labute approximate surface area is 144 Å². The first-order valence-corrected chi connectivity index (χ1v) is 8.75. The molecule has 2 aromatic heterocycles. The number of halogens is 1. The molecule has 6 heteroatoms. The van der Waals surface area contributed by atoms with Crippen LogP contribution >= 0.6 is 0 Å². The average Bonchev–Trinajstić information content (AvgIpc) is 3.30. The Morgan fingerprint density at radius 2 is 1.96 bits per heavy atom. The number of aromatic carboxylic acids is 1. The standard InChI is InChI=1S/C19H21FN2O3/c1-9-16(11-4-5-12(21)6-11)15(20)8-22-17(9)13(10-2-3-10)7-14(18(22)23)19(24)25/h7-8,10-12H,2-6,21H2,1H3,(H,24,25). The van der Waals surface area contributed by atoms with Gasteiger partial charge >= 0.3 is 5.97 Å². The van der Waals surface area contributed by atoms with Crippen LogP contribution in [0, 0.1) is 12.7 Å². The van der Waals surface area contributed by atoms with Crippen LogP contribution in [0.25, 0.3) is 5.52 Å². The molecule has 0 aromatic carbocycles. The van der Waals surface area contributed by atoms with Crippen molar-refractivity contribution in [3.63, 3.8) is 0 Å². The number of pyridine rings is 2. The van der Waals surface area contributed by atoms with Crippen molar-refractivity contribution < 1.29 is 14.3 Å². The molecule has 4 rings (SSSR count). The summed E-state index contributed by atoms with van der Waals surface area (Å²) in [5, 5.41) is 9.33. The van der Waals surface area contributed by atoms with Crippen LogP contribution in [-0.2, 0) is 0 Å². The summed E-state index contributed by atoms with van der Waals surface area (Å²) >= 11 is 0. The number of aromatic nitrogens is 1. The fraction of sp³-hybridized carbons (Fsp3) is 0.474. The van der Waals surface area contributed by atoms with Gasteiger partial charge in [-0.15, -0.1) is 0 Å². The van der Waals surface area contributed by atoms with E-state index in [4.69, 9.17) is 5.73 Å². The normalized spacial score (nSPS) is 23.3. The second kappa shape index (κ2) is 5.66. The van der Waals surface area contributed by atoms with Gasteiger partial charge in [0, 0.05) is 12.2 Å². The van der Waals surface area contributed by atoms with Crippen LogP contribution in [0.3, 0.4) is 0 Å². The number of carbonyl (C=O) groups is 1. The van der Waals surface area contributed by atoms with Crippen molar-refractivity contribution in [2.24, 2.45) is 5.73 Å². The van der Waals surface area contributed by atoms with Crippen molar-refractivity contribution in [3.8, 4) is 0 Å². The Hall–Kier alpha value is -2.21. The number of carboxylic acid groups (broad SMARTS) is 1. The van der Waals surface area contributed by atoms with Crippen LogP contribution in [0.15, 0.2) is 17.1 Å². The Balaban J connectivity index is 2.03. The molecular formula is C19H21FN2O3. The fourth-order valence-corrected chi connectivity index (χ4v) is 4.30. The largest absolute Gasteiger partial charge is 0.477 e. The zero-order chi connectivity index (χ0) is 17.9. The second-order valence-electron chi connectivity index (χ2n) is 7.40. The van der Waals surface area contributed by atoms with Crippen molar-refractivity contribution in [2.75, 3.05) is 0 Å². The first-order chi connectivity index (χ1) is 11.9. The second-order valence-corrected chi connectivity index (χ2v) is 7.40. The van der Waals surface area contributed by atoms with Gasteiger partial charge in [0.15, 0.2) is 0 Å². The van der Waals surface area contributed by atoms with E-state index in [2.05, 4.69) is 0 Å². The van der Waals surface area contributed by atoms with Gasteiger partial charge in [0.2, 0.25) is 0 Å². The molecular weight excluding hydrogens is 323 g/mol. The number of nitrogens with two attached hydrogens (primary N) is 1. The lowest BCUT2D eigenvalue weighted by Gasteiger charge is -2.19. The summed E-state index contributed by atoms with van der Waals surface area (Å²) in [6.07, 6.45) is 5.55. The number of aryl methyl sites for hydroxylation is 1. The summed E-state index contributed by atoms with van der Waals surface area (Å²) in [4.78, 5) is 24.0. The molecule has 2 unspecified atom stereocenters. The van der Waals surface area contributed by atoms with Crippen molar-refractivity contribution >= 4 is 11.5 Å². The molecule has 0 aliphatic heterocycles. The number of rotatable bonds is 3. The summed E-state index contributed by atoms with van der Waals surface area (Å²) < 4.78 is 16.1. The van der Waals surface area contributed by atoms with Crippen LogP contribution in [-0.4, -0.2) is 21.5 Å². The highest BCUT2D eigenvalue weighted by molar-refractivity contribution is 5.88. The quantitative estimate of drug-likeness (QED) is 0.896. The molecule has 2 aromatic rings. The summed E-state index contributed by atoms with van der Waals surface area (Å²) in [6.45, 7) is 1.84. The van der Waals surface area contributed by atoms with Crippen LogP contribution in [0.5, 0.6) is 0 Å². The molecule has 0 saturated heterocycles. The Morgan fingerprint density at radius 3 is 2.52 bits per heavy atom. The number of carboxylic acids is 1. The van der Waals surface area contributed by atoms with Gasteiger partial charge in [0.25, 0.3) is 5.56 Å². The molecule has 2 aliphatic rings. The smallest absolute Gasteiger partial charge is 0.341 e. The lowest BCUT2D eigenvalue weighted by atomic mass is 9.91. The Bertz CT molecular complexity index is 946. The maximum atomic E-state index is 14.9. The highest BCUT2D eigenvalue weighted by Gasteiger charge is 2.32. The molecule has 3 N–H and O–H groups in total. The molecule has 2 heterocycles. The fourth-order valence-electron chi connectivity index (χ4n) is 4.30. The van der Waals surface area contributed by atoms with E-state index in [9.17, 15) is 19.1 Å². The van der Waals surface area contributed by atoms with Gasteiger partial charge < -0.3 is 10.8 Å². The minimum Gasteiger partial charge on any atom is -0.477 e. The maximum Gasteiger partial charge on any atom is 0.341 e. The van der Waals surface area contributed by atoms with Crippen molar-refractivity contribution in [1.29, 1.82) is 0 Å². The van der Waals surface area contributed by atoms with Gasteiger partial charge in [-0.1, -0.05) is 0 Å². The zero-order valence-corrected chi connectivity index (χ0v) is 14.1. The van der Waals surface area contributed by atoms with Gasteiger partial charge in [0.1, 0.15) is 11.4 Å². The third-order valence-corrected chi connectivity index (χ3v) is 5.65. The lowest BCUT2D eigenvalue weighted by Crippen LogP contribution is -2.25. The van der Waals surface area contributed by atoms with Gasteiger partial charge in [-0.2, -0.15) is 0 Å². The van der Waals surface area contributed by atoms with Crippen molar-refractivity contribution in [3.05, 3.63) is 50.7 Å². The van der Waals surface area contributed by atoms with E-state index in [1.54, 1.807) is 0 Å². The van der Waals surface area contributed by atoms with E-state index < -0.39 is 17.3 Å². The molecule has 0 amide bonds. The maximum absolute atomic E-state index is 14.9. The predicted molar refractivity (Wildman–Crippen MR) is 91.9 cm³/mol. The molecule has 2 fully saturated rings. The minimum absolute atomic E-state index is 0.0568. The van der Waals surface area contributed by atoms with E-state index in [0.717, 1.165) is 43.2 Å². The first kappa shape index (κ1) is 16.3. The number of fused-ring (bicyclic) bond motifs is 1. The Morgan fingerprint density at radius 1 is 1.28 bits per heavy atom. The zero-order valence-electron chi connectivity index (χ0n) is 14.1. The Kier molecular flexibility index (Phi) is 3.68. The lowest BCUT2D eigenvalue weighted by molar-refractivity contribution is 0.0694. The van der Waals surface area contributed by atoms with Gasteiger partial charge in [0.05, 0.1) is 5.52 Å². The molecule has 5 nitrogen and oxygen atoms in total. The summed E-state index contributed by atoms with van der Waals surface area (Å²) in [5.41, 5.74) is 7.93. The topological polar surface area (TPSA) is 84.8 Å². The van der Waals surface area contributed by atoms with E-state index in [-0.39, 0.29) is 23.4 Å². The third kappa shape index (κ3) is 2.56. The van der Waals surface area contributed by atoms with Crippen LogP contribution in [0.4, 0.5) is 4.39 Å². The average molecular weight is 344 g/mol. The van der Waals surface area contributed by atoms with E-state index in [1.807, 2.05) is 6.92 Å². The van der Waals surface area contributed by atoms with E-state index in [0.29, 0.717) is 11.1 Å². The van der Waals surface area contributed by atoms with E-state index in [1.165, 1.54) is 16.7 Å². The van der Waals surface area contributed by atoms with Crippen LogP contribution in [0.1, 0.15) is 71.0 Å².